The Kier molecular flexibility index (Phi) is 1.55. The highest BCUT2D eigenvalue weighted by Crippen LogP contribution is 2.26. The summed E-state index contributed by atoms with van der Waals surface area (Å²) < 4.78 is 17.4. The van der Waals surface area contributed by atoms with Crippen LogP contribution < -0.4 is 0 Å². The summed E-state index contributed by atoms with van der Waals surface area (Å²) in [5.41, 5.74) is 0. The Morgan fingerprint density at radius 1 is 1.45 bits per heavy atom. The molecule has 2 rings (SSSR count). The number of fused-ring (bicyclic) bond motifs is 1. The molecule has 0 fully saturated rings. The fraction of sp³-hybridized carbons (Fsp3) is 0. The van der Waals surface area contributed by atoms with Gasteiger partial charge in [0.15, 0.2) is 5.15 Å². The van der Waals surface area contributed by atoms with Crippen LogP contribution in [0.15, 0.2) is 18.2 Å². The zero-order valence-electron chi connectivity index (χ0n) is 5.34. The number of aromatic nitrogens is 1. The van der Waals surface area contributed by atoms with Gasteiger partial charge >= 0.3 is 0 Å². The summed E-state index contributed by atoms with van der Waals surface area (Å²) in [4.78, 5) is 0. The largest absolute Gasteiger partial charge is 0.207 e. The van der Waals surface area contributed by atoms with Crippen LogP contribution in [0.5, 0.6) is 0 Å². The molecule has 0 amide bonds. The van der Waals surface area contributed by atoms with E-state index in [1.54, 1.807) is 6.07 Å². The van der Waals surface area contributed by atoms with Crippen LogP contribution in [0.3, 0.4) is 0 Å². The van der Waals surface area contributed by atoms with E-state index in [1.165, 1.54) is 23.7 Å². The Morgan fingerprint density at radius 3 is 3.09 bits per heavy atom. The van der Waals surface area contributed by atoms with Crippen molar-refractivity contribution in [3.05, 3.63) is 29.2 Å². The molecule has 11 heavy (non-hydrogen) atoms. The highest BCUT2D eigenvalue weighted by molar-refractivity contribution is 7.13. The van der Waals surface area contributed by atoms with E-state index < -0.39 is 0 Å². The average Bonchev–Trinajstić information content (AvgIpc) is 2.33. The fourth-order valence-electron chi connectivity index (χ4n) is 0.881. The molecule has 1 heterocycles. The molecule has 0 aliphatic rings. The molecule has 0 bridgehead atoms. The molecule has 4 heteroatoms. The Morgan fingerprint density at radius 2 is 2.27 bits per heavy atom. The molecule has 0 spiro atoms. The minimum absolute atomic E-state index is 0.278. The first-order valence-electron chi connectivity index (χ1n) is 2.98. The van der Waals surface area contributed by atoms with Gasteiger partial charge in [0.1, 0.15) is 5.82 Å². The van der Waals surface area contributed by atoms with Gasteiger partial charge < -0.3 is 0 Å². The molecule has 0 atom stereocenters. The van der Waals surface area contributed by atoms with Crippen molar-refractivity contribution in [3.63, 3.8) is 0 Å². The highest BCUT2D eigenvalue weighted by Gasteiger charge is 2.03. The molecule has 0 aliphatic carbocycles. The van der Waals surface area contributed by atoms with Crippen LogP contribution in [0.1, 0.15) is 0 Å². The maximum Gasteiger partial charge on any atom is 0.150 e. The van der Waals surface area contributed by atoms with Crippen LogP contribution in [0, 0.1) is 5.82 Å². The van der Waals surface area contributed by atoms with Gasteiger partial charge in [-0.2, -0.15) is 4.37 Å². The predicted molar refractivity (Wildman–Crippen MR) is 44.6 cm³/mol. The molecular formula is C7H3ClFNS. The van der Waals surface area contributed by atoms with Crippen molar-refractivity contribution in [1.29, 1.82) is 0 Å². The maximum atomic E-state index is 12.6. The van der Waals surface area contributed by atoms with Gasteiger partial charge in [0.25, 0.3) is 0 Å². The smallest absolute Gasteiger partial charge is 0.150 e. The topological polar surface area (TPSA) is 12.9 Å². The van der Waals surface area contributed by atoms with Crippen molar-refractivity contribution in [1.82, 2.24) is 4.37 Å². The third kappa shape index (κ3) is 1.10. The zero-order valence-corrected chi connectivity index (χ0v) is 6.92. The summed E-state index contributed by atoms with van der Waals surface area (Å²) in [6.07, 6.45) is 0. The normalized spacial score (nSPS) is 10.7. The van der Waals surface area contributed by atoms with Gasteiger partial charge in [-0.25, -0.2) is 4.39 Å². The SMILES string of the molecule is Fc1ccc2snc(Cl)c2c1. The third-order valence-electron chi connectivity index (χ3n) is 1.39. The number of halogens is 2. The van der Waals surface area contributed by atoms with Gasteiger partial charge in [0, 0.05) is 5.39 Å². The first kappa shape index (κ1) is 7.00. The number of benzene rings is 1. The van der Waals surface area contributed by atoms with E-state index in [-0.39, 0.29) is 5.82 Å². The highest BCUT2D eigenvalue weighted by atomic mass is 35.5. The second-order valence-electron chi connectivity index (χ2n) is 2.11. The van der Waals surface area contributed by atoms with E-state index in [1.807, 2.05) is 0 Å². The average molecular weight is 188 g/mol. The first-order chi connectivity index (χ1) is 5.27. The fourth-order valence-corrected chi connectivity index (χ4v) is 1.86. The minimum Gasteiger partial charge on any atom is -0.207 e. The van der Waals surface area contributed by atoms with Gasteiger partial charge in [-0.3, -0.25) is 0 Å². The molecule has 0 radical (unpaired) electrons. The summed E-state index contributed by atoms with van der Waals surface area (Å²) in [5, 5.41) is 1.07. The van der Waals surface area contributed by atoms with Crippen molar-refractivity contribution in [2.24, 2.45) is 0 Å². The summed E-state index contributed by atoms with van der Waals surface area (Å²) >= 11 is 6.95. The van der Waals surface area contributed by atoms with Crippen LogP contribution in [0.25, 0.3) is 10.1 Å². The molecule has 0 saturated carbocycles. The molecule has 56 valence electrons. The zero-order chi connectivity index (χ0) is 7.84. The van der Waals surface area contributed by atoms with Crippen LogP contribution in [0.2, 0.25) is 5.15 Å². The molecule has 2 aromatic rings. The number of rotatable bonds is 0. The van der Waals surface area contributed by atoms with Gasteiger partial charge in [-0.1, -0.05) is 11.6 Å². The molecule has 1 nitrogen and oxygen atoms in total. The predicted octanol–water partition coefficient (Wildman–Crippen LogP) is 3.09. The number of hydrogen-bond donors (Lipinski definition) is 0. The lowest BCUT2D eigenvalue weighted by Gasteiger charge is -1.87. The van der Waals surface area contributed by atoms with Crippen molar-refractivity contribution in [2.45, 2.75) is 0 Å². The number of hydrogen-bond acceptors (Lipinski definition) is 2. The number of nitrogens with zero attached hydrogens (tertiary/aromatic N) is 1. The minimum atomic E-state index is -0.278. The van der Waals surface area contributed by atoms with Crippen molar-refractivity contribution < 1.29 is 4.39 Å². The van der Waals surface area contributed by atoms with Crippen LogP contribution in [-0.2, 0) is 0 Å². The lowest BCUT2D eigenvalue weighted by Crippen LogP contribution is -1.70. The summed E-state index contributed by atoms with van der Waals surface area (Å²) in [6.45, 7) is 0. The summed E-state index contributed by atoms with van der Waals surface area (Å²) in [6, 6.07) is 4.46. The maximum absolute atomic E-state index is 12.6. The van der Waals surface area contributed by atoms with E-state index in [4.69, 9.17) is 11.6 Å². The molecule has 0 saturated heterocycles. The van der Waals surface area contributed by atoms with Gasteiger partial charge in [0.2, 0.25) is 0 Å². The Labute approximate surface area is 71.6 Å². The summed E-state index contributed by atoms with van der Waals surface area (Å²) in [5.74, 6) is -0.278. The van der Waals surface area contributed by atoms with E-state index in [0.29, 0.717) is 10.5 Å². The Balaban J connectivity index is 2.87. The Hall–Kier alpha value is -0.670. The van der Waals surface area contributed by atoms with Crippen molar-refractivity contribution in [3.8, 4) is 0 Å². The van der Waals surface area contributed by atoms with Gasteiger partial charge in [-0.15, -0.1) is 0 Å². The Bertz CT molecular complexity index is 398. The van der Waals surface area contributed by atoms with Gasteiger partial charge in [0.05, 0.1) is 4.70 Å². The van der Waals surface area contributed by atoms with Crippen LogP contribution in [0.4, 0.5) is 4.39 Å². The molecule has 1 aromatic carbocycles. The quantitative estimate of drug-likeness (QED) is 0.618. The lowest BCUT2D eigenvalue weighted by atomic mass is 10.3. The second kappa shape index (κ2) is 2.43. The van der Waals surface area contributed by atoms with Crippen LogP contribution in [-0.4, -0.2) is 4.37 Å². The van der Waals surface area contributed by atoms with E-state index in [9.17, 15) is 4.39 Å². The van der Waals surface area contributed by atoms with Gasteiger partial charge in [-0.05, 0) is 29.7 Å². The van der Waals surface area contributed by atoms with Crippen molar-refractivity contribution in [2.75, 3.05) is 0 Å². The lowest BCUT2D eigenvalue weighted by molar-refractivity contribution is 0.630. The third-order valence-corrected chi connectivity index (χ3v) is 2.60. The summed E-state index contributed by atoms with van der Waals surface area (Å²) in [7, 11) is 0. The molecule has 0 N–H and O–H groups in total. The first-order valence-corrected chi connectivity index (χ1v) is 4.13. The molecule has 0 unspecified atom stereocenters. The van der Waals surface area contributed by atoms with E-state index in [0.717, 1.165) is 4.70 Å². The van der Waals surface area contributed by atoms with Crippen molar-refractivity contribution >= 4 is 33.2 Å². The second-order valence-corrected chi connectivity index (χ2v) is 3.28. The molecular weight excluding hydrogens is 185 g/mol. The molecule has 1 aromatic heterocycles. The van der Waals surface area contributed by atoms with E-state index in [2.05, 4.69) is 4.37 Å². The van der Waals surface area contributed by atoms with E-state index >= 15 is 0 Å². The van der Waals surface area contributed by atoms with Crippen LogP contribution >= 0.6 is 23.1 Å². The monoisotopic (exact) mass is 187 g/mol. The molecule has 0 aliphatic heterocycles. The standard InChI is InChI=1S/C7H3ClFNS/c8-7-5-3-4(9)1-2-6(5)11-10-7/h1-3H.